The minimum atomic E-state index is -0.976. The molecule has 2 aromatic rings. The van der Waals surface area contributed by atoms with Gasteiger partial charge in [0.15, 0.2) is 0 Å². The molecule has 0 radical (unpaired) electrons. The van der Waals surface area contributed by atoms with Crippen LogP contribution in [0.2, 0.25) is 0 Å². The molecule has 1 unspecified atom stereocenters. The molecule has 0 spiro atoms. The molecular formula is C21H25FN2O2. The Hall–Kier alpha value is -2.24. The molecule has 1 N–H and O–H groups in total. The van der Waals surface area contributed by atoms with Crippen molar-refractivity contribution in [3.8, 4) is 0 Å². The highest BCUT2D eigenvalue weighted by atomic mass is 19.1. The highest BCUT2D eigenvalue weighted by molar-refractivity contribution is 5.78. The summed E-state index contributed by atoms with van der Waals surface area (Å²) in [4.78, 5) is 16.3. The zero-order valence-corrected chi connectivity index (χ0v) is 15.3. The summed E-state index contributed by atoms with van der Waals surface area (Å²) in [6, 6.07) is 14.1. The molecule has 1 saturated heterocycles. The number of carbonyl (C=O) groups is 1. The Bertz CT molecular complexity index is 778. The van der Waals surface area contributed by atoms with Crippen molar-refractivity contribution >= 4 is 5.91 Å². The number of aryl methyl sites for hydroxylation is 1. The van der Waals surface area contributed by atoms with E-state index < -0.39 is 5.60 Å². The largest absolute Gasteiger partial charge is 0.383 e. The van der Waals surface area contributed by atoms with Crippen molar-refractivity contribution in [1.82, 2.24) is 9.80 Å². The van der Waals surface area contributed by atoms with Crippen molar-refractivity contribution in [3.05, 3.63) is 71.0 Å². The lowest BCUT2D eigenvalue weighted by Crippen LogP contribution is -2.40. The zero-order chi connectivity index (χ0) is 18.7. The number of hydrogen-bond donors (Lipinski definition) is 1. The van der Waals surface area contributed by atoms with Crippen molar-refractivity contribution in [3.63, 3.8) is 0 Å². The van der Waals surface area contributed by atoms with E-state index in [1.165, 1.54) is 12.1 Å². The standard InChI is InChI=1S/C21H25FN2O2/c1-16-5-3-4-6-19(16)21(26)11-12-24(15-21)20(25)14-23(2)13-17-7-9-18(22)10-8-17/h3-10,26H,11-15H2,1-2H3. The number of benzene rings is 2. The fraction of sp³-hybridized carbons (Fsp3) is 0.381. The average molecular weight is 356 g/mol. The molecular weight excluding hydrogens is 331 g/mol. The molecule has 5 heteroatoms. The smallest absolute Gasteiger partial charge is 0.236 e. The van der Waals surface area contributed by atoms with Gasteiger partial charge < -0.3 is 10.0 Å². The van der Waals surface area contributed by atoms with E-state index in [9.17, 15) is 14.3 Å². The van der Waals surface area contributed by atoms with Crippen LogP contribution >= 0.6 is 0 Å². The van der Waals surface area contributed by atoms with Crippen molar-refractivity contribution in [1.29, 1.82) is 0 Å². The molecule has 1 fully saturated rings. The number of likely N-dealkylation sites (N-methyl/N-ethyl adjacent to an activating group) is 1. The minimum Gasteiger partial charge on any atom is -0.383 e. The highest BCUT2D eigenvalue weighted by Crippen LogP contribution is 2.33. The van der Waals surface area contributed by atoms with Gasteiger partial charge in [0.25, 0.3) is 0 Å². The second-order valence-corrected chi connectivity index (χ2v) is 7.21. The van der Waals surface area contributed by atoms with Crippen LogP contribution in [-0.4, -0.2) is 47.5 Å². The van der Waals surface area contributed by atoms with E-state index in [1.54, 1.807) is 17.0 Å². The number of amides is 1. The molecule has 1 amide bonds. The molecule has 1 atom stereocenters. The van der Waals surface area contributed by atoms with E-state index in [2.05, 4.69) is 0 Å². The summed E-state index contributed by atoms with van der Waals surface area (Å²) in [5.41, 5.74) is 1.92. The Morgan fingerprint density at radius 3 is 2.62 bits per heavy atom. The van der Waals surface area contributed by atoms with Gasteiger partial charge in [0.05, 0.1) is 13.1 Å². The van der Waals surface area contributed by atoms with Crippen LogP contribution in [-0.2, 0) is 16.9 Å². The Kier molecular flexibility index (Phi) is 5.39. The number of rotatable bonds is 5. The monoisotopic (exact) mass is 356 g/mol. The lowest BCUT2D eigenvalue weighted by atomic mass is 9.89. The third-order valence-electron chi connectivity index (χ3n) is 5.02. The first kappa shape index (κ1) is 18.5. The van der Waals surface area contributed by atoms with E-state index in [0.717, 1.165) is 16.7 Å². The van der Waals surface area contributed by atoms with E-state index >= 15 is 0 Å². The molecule has 1 aliphatic heterocycles. The molecule has 0 aromatic heterocycles. The summed E-state index contributed by atoms with van der Waals surface area (Å²) in [5.74, 6) is -0.265. The number of aliphatic hydroxyl groups is 1. The lowest BCUT2D eigenvalue weighted by Gasteiger charge is -2.26. The normalized spacial score (nSPS) is 20.0. The molecule has 26 heavy (non-hydrogen) atoms. The second-order valence-electron chi connectivity index (χ2n) is 7.21. The summed E-state index contributed by atoms with van der Waals surface area (Å²) in [7, 11) is 1.87. The topological polar surface area (TPSA) is 43.8 Å². The highest BCUT2D eigenvalue weighted by Gasteiger charge is 2.40. The lowest BCUT2D eigenvalue weighted by molar-refractivity contribution is -0.132. The van der Waals surface area contributed by atoms with Crippen molar-refractivity contribution in [2.24, 2.45) is 0 Å². The molecule has 1 heterocycles. The van der Waals surface area contributed by atoms with E-state index in [-0.39, 0.29) is 18.3 Å². The van der Waals surface area contributed by atoms with E-state index in [0.29, 0.717) is 26.1 Å². The number of halogens is 1. The van der Waals surface area contributed by atoms with Crippen molar-refractivity contribution in [2.45, 2.75) is 25.5 Å². The Labute approximate surface area is 153 Å². The first-order valence-electron chi connectivity index (χ1n) is 8.87. The molecule has 138 valence electrons. The molecule has 2 aromatic carbocycles. The van der Waals surface area contributed by atoms with Gasteiger partial charge in [0.1, 0.15) is 11.4 Å². The third-order valence-corrected chi connectivity index (χ3v) is 5.02. The summed E-state index contributed by atoms with van der Waals surface area (Å²) >= 11 is 0. The van der Waals surface area contributed by atoms with Gasteiger partial charge in [-0.25, -0.2) is 4.39 Å². The van der Waals surface area contributed by atoms with Gasteiger partial charge in [-0.3, -0.25) is 9.69 Å². The fourth-order valence-electron chi connectivity index (χ4n) is 3.61. The SMILES string of the molecule is Cc1ccccc1C1(O)CCN(C(=O)CN(C)Cc2ccc(F)cc2)C1. The van der Waals surface area contributed by atoms with Crippen LogP contribution in [0.4, 0.5) is 4.39 Å². The van der Waals surface area contributed by atoms with Crippen LogP contribution in [0.3, 0.4) is 0 Å². The molecule has 3 rings (SSSR count). The number of carbonyl (C=O) groups excluding carboxylic acids is 1. The maximum atomic E-state index is 13.0. The molecule has 0 saturated carbocycles. The Balaban J connectivity index is 1.59. The van der Waals surface area contributed by atoms with Crippen LogP contribution in [0, 0.1) is 12.7 Å². The van der Waals surface area contributed by atoms with Gasteiger partial charge in [-0.15, -0.1) is 0 Å². The van der Waals surface area contributed by atoms with Gasteiger partial charge in [0.2, 0.25) is 5.91 Å². The predicted octanol–water partition coefficient (Wildman–Crippen LogP) is 2.69. The van der Waals surface area contributed by atoms with E-state index in [4.69, 9.17) is 0 Å². The van der Waals surface area contributed by atoms with Crippen LogP contribution < -0.4 is 0 Å². The number of likely N-dealkylation sites (tertiary alicyclic amines) is 1. The maximum Gasteiger partial charge on any atom is 0.236 e. The first-order chi connectivity index (χ1) is 12.4. The van der Waals surface area contributed by atoms with Gasteiger partial charge in [-0.2, -0.15) is 0 Å². The number of hydrogen-bond acceptors (Lipinski definition) is 3. The molecule has 4 nitrogen and oxygen atoms in total. The quantitative estimate of drug-likeness (QED) is 0.896. The first-order valence-corrected chi connectivity index (χ1v) is 8.87. The van der Waals surface area contributed by atoms with Gasteiger partial charge in [0, 0.05) is 13.1 Å². The van der Waals surface area contributed by atoms with E-state index in [1.807, 2.05) is 43.1 Å². The number of nitrogens with zero attached hydrogens (tertiary/aromatic N) is 2. The molecule has 1 aliphatic rings. The van der Waals surface area contributed by atoms with Crippen molar-refractivity contribution < 1.29 is 14.3 Å². The Morgan fingerprint density at radius 2 is 1.92 bits per heavy atom. The third kappa shape index (κ3) is 4.11. The molecule has 0 bridgehead atoms. The predicted molar refractivity (Wildman–Crippen MR) is 99.0 cm³/mol. The maximum absolute atomic E-state index is 13.0. The van der Waals surface area contributed by atoms with Gasteiger partial charge in [-0.1, -0.05) is 36.4 Å². The zero-order valence-electron chi connectivity index (χ0n) is 15.3. The van der Waals surface area contributed by atoms with Crippen LogP contribution in [0.1, 0.15) is 23.1 Å². The Morgan fingerprint density at radius 1 is 1.23 bits per heavy atom. The van der Waals surface area contributed by atoms with Gasteiger partial charge >= 0.3 is 0 Å². The van der Waals surface area contributed by atoms with Crippen LogP contribution in [0.5, 0.6) is 0 Å². The van der Waals surface area contributed by atoms with Crippen LogP contribution in [0.15, 0.2) is 48.5 Å². The second kappa shape index (κ2) is 7.56. The summed E-state index contributed by atoms with van der Waals surface area (Å²) < 4.78 is 13.0. The number of β-amino-alcohol motifs (C(OH)–C–C–N with tert-alkyl or cyclic N) is 1. The van der Waals surface area contributed by atoms with Gasteiger partial charge in [-0.05, 0) is 49.2 Å². The van der Waals surface area contributed by atoms with Crippen molar-refractivity contribution in [2.75, 3.05) is 26.7 Å². The van der Waals surface area contributed by atoms with Crippen LogP contribution in [0.25, 0.3) is 0 Å². The molecule has 0 aliphatic carbocycles. The summed E-state index contributed by atoms with van der Waals surface area (Å²) in [5, 5.41) is 11.0. The summed E-state index contributed by atoms with van der Waals surface area (Å²) in [6.45, 7) is 3.69. The minimum absolute atomic E-state index is 0.000814. The average Bonchev–Trinajstić information content (AvgIpc) is 3.01. The summed E-state index contributed by atoms with van der Waals surface area (Å²) in [6.07, 6.45) is 0.547. The fourth-order valence-corrected chi connectivity index (χ4v) is 3.61.